The van der Waals surface area contributed by atoms with E-state index >= 15 is 0 Å². The van der Waals surface area contributed by atoms with Crippen LogP contribution in [0.1, 0.15) is 29.5 Å². The predicted molar refractivity (Wildman–Crippen MR) is 100 cm³/mol. The van der Waals surface area contributed by atoms with Gasteiger partial charge in [0.05, 0.1) is 5.69 Å². The fourth-order valence-electron chi connectivity index (χ4n) is 3.05. The van der Waals surface area contributed by atoms with Crippen LogP contribution in [0.15, 0.2) is 47.5 Å². The van der Waals surface area contributed by atoms with Gasteiger partial charge in [-0.1, -0.05) is 24.3 Å². The molecular formula is C20H23N3O. The molecule has 0 saturated heterocycles. The van der Waals surface area contributed by atoms with E-state index in [-0.39, 0.29) is 6.03 Å². The number of para-hydroxylation sites is 1. The Labute approximate surface area is 143 Å². The van der Waals surface area contributed by atoms with Gasteiger partial charge in [0.1, 0.15) is 5.84 Å². The Bertz CT molecular complexity index is 775. The van der Waals surface area contributed by atoms with Gasteiger partial charge in [0, 0.05) is 18.7 Å². The van der Waals surface area contributed by atoms with Crippen LogP contribution in [-0.4, -0.2) is 18.4 Å². The van der Waals surface area contributed by atoms with Crippen LogP contribution in [0.4, 0.5) is 16.2 Å². The summed E-state index contributed by atoms with van der Waals surface area (Å²) in [4.78, 5) is 19.3. The first-order valence-corrected chi connectivity index (χ1v) is 8.33. The van der Waals surface area contributed by atoms with Crippen molar-refractivity contribution in [3.05, 3.63) is 59.2 Å². The highest BCUT2D eigenvalue weighted by atomic mass is 16.2. The summed E-state index contributed by atoms with van der Waals surface area (Å²) in [7, 11) is 0. The van der Waals surface area contributed by atoms with Gasteiger partial charge in [0.2, 0.25) is 0 Å². The number of amides is 2. The van der Waals surface area contributed by atoms with Crippen molar-refractivity contribution in [3.63, 3.8) is 0 Å². The van der Waals surface area contributed by atoms with Crippen molar-refractivity contribution in [1.82, 2.24) is 0 Å². The molecule has 0 bridgehead atoms. The lowest BCUT2D eigenvalue weighted by atomic mass is 10.1. The summed E-state index contributed by atoms with van der Waals surface area (Å²) in [5, 5.41) is 3.03. The number of hydrogen-bond donors (Lipinski definition) is 1. The van der Waals surface area contributed by atoms with Crippen molar-refractivity contribution in [2.45, 2.75) is 33.6 Å². The SMILES string of the molecule is Cc1cc(C)cc(N(C(=O)Nc2ccccc2C)C2=NCCC2)c1. The number of hydrogen-bond acceptors (Lipinski definition) is 2. The standard InChI is InChI=1S/C20H23N3O/c1-14-11-15(2)13-17(12-14)23(19-9-6-10-21-19)20(24)22-18-8-5-4-7-16(18)3/h4-5,7-8,11-13H,6,9-10H2,1-3H3,(H,22,24). The van der Waals surface area contributed by atoms with Crippen molar-refractivity contribution in [3.8, 4) is 0 Å². The monoisotopic (exact) mass is 321 g/mol. The molecule has 24 heavy (non-hydrogen) atoms. The average Bonchev–Trinajstić information content (AvgIpc) is 3.03. The normalized spacial score (nSPS) is 13.5. The fourth-order valence-corrected chi connectivity index (χ4v) is 3.05. The van der Waals surface area contributed by atoms with E-state index in [1.807, 2.05) is 57.2 Å². The number of aliphatic imine (C=N–C) groups is 1. The molecule has 4 nitrogen and oxygen atoms in total. The molecule has 0 aliphatic carbocycles. The molecule has 1 aliphatic rings. The molecule has 4 heteroatoms. The van der Waals surface area contributed by atoms with Gasteiger partial charge in [0.15, 0.2) is 0 Å². The maximum atomic E-state index is 13.0. The maximum Gasteiger partial charge on any atom is 0.331 e. The summed E-state index contributed by atoms with van der Waals surface area (Å²) >= 11 is 0. The third-order valence-electron chi connectivity index (χ3n) is 4.17. The van der Waals surface area contributed by atoms with Crippen LogP contribution in [0.2, 0.25) is 0 Å². The summed E-state index contributed by atoms with van der Waals surface area (Å²) in [6.45, 7) is 6.87. The third kappa shape index (κ3) is 3.48. The van der Waals surface area contributed by atoms with Crippen LogP contribution in [-0.2, 0) is 0 Å². The second kappa shape index (κ2) is 6.87. The van der Waals surface area contributed by atoms with Crippen molar-refractivity contribution >= 4 is 23.2 Å². The number of nitrogens with one attached hydrogen (secondary N) is 1. The second-order valence-corrected chi connectivity index (χ2v) is 6.33. The van der Waals surface area contributed by atoms with Crippen molar-refractivity contribution in [2.75, 3.05) is 16.8 Å². The zero-order valence-electron chi connectivity index (χ0n) is 14.5. The minimum atomic E-state index is -0.157. The lowest BCUT2D eigenvalue weighted by molar-refractivity contribution is 0.259. The zero-order chi connectivity index (χ0) is 17.1. The Morgan fingerprint density at radius 1 is 1.08 bits per heavy atom. The van der Waals surface area contributed by atoms with Gasteiger partial charge in [-0.2, -0.15) is 0 Å². The number of nitrogens with zero attached hydrogens (tertiary/aromatic N) is 2. The number of carbonyl (C=O) groups excluding carboxylic acids is 1. The molecular weight excluding hydrogens is 298 g/mol. The minimum absolute atomic E-state index is 0.157. The highest BCUT2D eigenvalue weighted by Crippen LogP contribution is 2.24. The molecule has 0 spiro atoms. The van der Waals surface area contributed by atoms with E-state index < -0.39 is 0 Å². The van der Waals surface area contributed by atoms with Crippen molar-refractivity contribution in [2.24, 2.45) is 4.99 Å². The Hall–Kier alpha value is -2.62. The summed E-state index contributed by atoms with van der Waals surface area (Å²) in [6, 6.07) is 13.8. The quantitative estimate of drug-likeness (QED) is 0.845. The van der Waals surface area contributed by atoms with Gasteiger partial charge in [0.25, 0.3) is 0 Å². The first-order valence-electron chi connectivity index (χ1n) is 8.33. The summed E-state index contributed by atoms with van der Waals surface area (Å²) < 4.78 is 0. The highest BCUT2D eigenvalue weighted by Gasteiger charge is 2.24. The molecule has 0 saturated carbocycles. The van der Waals surface area contributed by atoms with Crippen molar-refractivity contribution < 1.29 is 4.79 Å². The van der Waals surface area contributed by atoms with E-state index in [0.717, 1.165) is 53.3 Å². The zero-order valence-corrected chi connectivity index (χ0v) is 14.5. The molecule has 1 heterocycles. The van der Waals surface area contributed by atoms with E-state index in [0.29, 0.717) is 0 Å². The summed E-state index contributed by atoms with van der Waals surface area (Å²) in [5.41, 5.74) is 5.02. The Balaban J connectivity index is 1.95. The van der Waals surface area contributed by atoms with Gasteiger partial charge in [-0.3, -0.25) is 9.89 Å². The molecule has 0 unspecified atom stereocenters. The maximum absolute atomic E-state index is 13.0. The molecule has 0 radical (unpaired) electrons. The van der Waals surface area contributed by atoms with Gasteiger partial charge in [-0.15, -0.1) is 0 Å². The van der Waals surface area contributed by atoms with E-state index in [4.69, 9.17) is 0 Å². The van der Waals surface area contributed by atoms with E-state index in [1.54, 1.807) is 4.90 Å². The number of rotatable bonds is 2. The number of amidine groups is 1. The van der Waals surface area contributed by atoms with Gasteiger partial charge in [-0.05, 0) is 62.1 Å². The minimum Gasteiger partial charge on any atom is -0.307 e. The Morgan fingerprint density at radius 3 is 2.42 bits per heavy atom. The lowest BCUT2D eigenvalue weighted by Crippen LogP contribution is -2.39. The van der Waals surface area contributed by atoms with Crippen LogP contribution < -0.4 is 10.2 Å². The molecule has 3 rings (SSSR count). The molecule has 2 aromatic rings. The Morgan fingerprint density at radius 2 is 1.79 bits per heavy atom. The molecule has 1 aliphatic heterocycles. The largest absolute Gasteiger partial charge is 0.331 e. The smallest absolute Gasteiger partial charge is 0.307 e. The number of anilines is 2. The van der Waals surface area contributed by atoms with Gasteiger partial charge < -0.3 is 5.32 Å². The first-order chi connectivity index (χ1) is 11.5. The van der Waals surface area contributed by atoms with Crippen molar-refractivity contribution in [1.29, 1.82) is 0 Å². The van der Waals surface area contributed by atoms with Crippen LogP contribution >= 0.6 is 0 Å². The van der Waals surface area contributed by atoms with Gasteiger partial charge >= 0.3 is 6.03 Å². The number of urea groups is 1. The molecule has 2 aromatic carbocycles. The summed E-state index contributed by atoms with van der Waals surface area (Å²) in [6.07, 6.45) is 1.82. The number of aryl methyl sites for hydroxylation is 3. The van der Waals surface area contributed by atoms with Crippen LogP contribution in [0, 0.1) is 20.8 Å². The third-order valence-corrected chi connectivity index (χ3v) is 4.17. The lowest BCUT2D eigenvalue weighted by Gasteiger charge is -2.24. The first kappa shape index (κ1) is 16.2. The second-order valence-electron chi connectivity index (χ2n) is 6.33. The molecule has 1 N–H and O–H groups in total. The number of carbonyl (C=O) groups is 1. The highest BCUT2D eigenvalue weighted by molar-refractivity contribution is 6.20. The number of benzene rings is 2. The topological polar surface area (TPSA) is 44.7 Å². The fraction of sp³-hybridized carbons (Fsp3) is 0.300. The average molecular weight is 321 g/mol. The van der Waals surface area contributed by atoms with Crippen LogP contribution in [0.25, 0.3) is 0 Å². The van der Waals surface area contributed by atoms with E-state index in [1.165, 1.54) is 0 Å². The molecule has 124 valence electrons. The van der Waals surface area contributed by atoms with Gasteiger partial charge in [-0.25, -0.2) is 4.79 Å². The summed E-state index contributed by atoms with van der Waals surface area (Å²) in [5.74, 6) is 0.839. The molecule has 0 aromatic heterocycles. The predicted octanol–water partition coefficient (Wildman–Crippen LogP) is 4.84. The van der Waals surface area contributed by atoms with Crippen LogP contribution in [0.3, 0.4) is 0 Å². The van der Waals surface area contributed by atoms with E-state index in [9.17, 15) is 4.79 Å². The molecule has 2 amide bonds. The molecule has 0 atom stereocenters. The van der Waals surface area contributed by atoms with Crippen LogP contribution in [0.5, 0.6) is 0 Å². The van der Waals surface area contributed by atoms with E-state index in [2.05, 4.69) is 16.4 Å². The Kier molecular flexibility index (Phi) is 4.65. The molecule has 0 fully saturated rings.